The second-order valence-corrected chi connectivity index (χ2v) is 4.26. The van der Waals surface area contributed by atoms with E-state index < -0.39 is 0 Å². The van der Waals surface area contributed by atoms with Crippen molar-refractivity contribution in [3.05, 3.63) is 72.3 Å². The predicted octanol–water partition coefficient (Wildman–Crippen LogP) is 3.16. The maximum Gasteiger partial charge on any atom is 0.120 e. The first kappa shape index (κ1) is 14.2. The van der Waals surface area contributed by atoms with Crippen molar-refractivity contribution in [3.8, 4) is 11.5 Å². The minimum absolute atomic E-state index is 0.529. The Hall–Kier alpha value is -2.26. The molecule has 0 radical (unpaired) electrons. The van der Waals surface area contributed by atoms with E-state index in [4.69, 9.17) is 15.2 Å². The van der Waals surface area contributed by atoms with Crippen molar-refractivity contribution >= 4 is 0 Å². The number of ether oxygens (including phenoxy) is 2. The van der Waals surface area contributed by atoms with Crippen LogP contribution in [0, 0.1) is 0 Å². The summed E-state index contributed by atoms with van der Waals surface area (Å²) in [5.41, 5.74) is 6.50. The first-order valence-electron chi connectivity index (χ1n) is 6.63. The van der Waals surface area contributed by atoms with Crippen molar-refractivity contribution in [1.29, 1.82) is 0 Å². The number of benzene rings is 2. The van der Waals surface area contributed by atoms with Crippen LogP contribution in [0.2, 0.25) is 0 Å². The molecule has 0 amide bonds. The Kier molecular flexibility index (Phi) is 5.68. The van der Waals surface area contributed by atoms with E-state index in [9.17, 15) is 0 Å². The fourth-order valence-corrected chi connectivity index (χ4v) is 1.68. The lowest BCUT2D eigenvalue weighted by Crippen LogP contribution is -1.97. The zero-order valence-electron chi connectivity index (χ0n) is 11.4. The zero-order chi connectivity index (χ0) is 14.0. The molecule has 0 heterocycles. The van der Waals surface area contributed by atoms with Crippen LogP contribution in [0.5, 0.6) is 11.5 Å². The Morgan fingerprint density at radius 2 is 1.45 bits per heavy atom. The molecule has 0 unspecified atom stereocenters. The maximum atomic E-state index is 5.70. The van der Waals surface area contributed by atoms with Crippen LogP contribution < -0.4 is 15.2 Å². The van der Waals surface area contributed by atoms with Gasteiger partial charge in [-0.15, -0.1) is 0 Å². The van der Waals surface area contributed by atoms with E-state index in [0.29, 0.717) is 19.8 Å². The number of rotatable bonds is 7. The highest BCUT2D eigenvalue weighted by atomic mass is 16.5. The summed E-state index contributed by atoms with van der Waals surface area (Å²) in [5.74, 6) is 1.65. The normalized spacial score (nSPS) is 10.7. The fraction of sp³-hybridized carbons (Fsp3) is 0.176. The van der Waals surface area contributed by atoms with Crippen molar-refractivity contribution in [3.63, 3.8) is 0 Å². The summed E-state index contributed by atoms with van der Waals surface area (Å²) in [6.45, 7) is 1.64. The van der Waals surface area contributed by atoms with Crippen LogP contribution in [0.4, 0.5) is 0 Å². The van der Waals surface area contributed by atoms with Crippen LogP contribution in [-0.4, -0.2) is 13.2 Å². The van der Waals surface area contributed by atoms with Gasteiger partial charge < -0.3 is 15.2 Å². The second-order valence-electron chi connectivity index (χ2n) is 4.26. The first-order chi connectivity index (χ1) is 9.88. The van der Waals surface area contributed by atoms with E-state index in [0.717, 1.165) is 17.1 Å². The van der Waals surface area contributed by atoms with Gasteiger partial charge in [0.2, 0.25) is 0 Å². The molecule has 0 aliphatic carbocycles. The smallest absolute Gasteiger partial charge is 0.120 e. The molecule has 0 aromatic heterocycles. The standard InChI is InChI=1S/C17H19NO2/c18-12-4-5-13-19-16-8-10-17(11-9-16)20-14-15-6-2-1-3-7-15/h1-11H,12-14,18H2. The summed E-state index contributed by atoms with van der Waals surface area (Å²) in [7, 11) is 0. The molecule has 2 aromatic carbocycles. The molecule has 3 heteroatoms. The van der Waals surface area contributed by atoms with E-state index >= 15 is 0 Å². The van der Waals surface area contributed by atoms with Gasteiger partial charge in [-0.1, -0.05) is 42.5 Å². The van der Waals surface area contributed by atoms with Gasteiger partial charge in [0, 0.05) is 6.54 Å². The van der Waals surface area contributed by atoms with Crippen molar-refractivity contribution < 1.29 is 9.47 Å². The Morgan fingerprint density at radius 3 is 2.10 bits per heavy atom. The summed E-state index contributed by atoms with van der Waals surface area (Å²) in [4.78, 5) is 0. The molecule has 0 saturated heterocycles. The van der Waals surface area contributed by atoms with Gasteiger partial charge in [0.05, 0.1) is 0 Å². The summed E-state index contributed by atoms with van der Waals surface area (Å²) < 4.78 is 11.2. The molecule has 2 rings (SSSR count). The Morgan fingerprint density at radius 1 is 0.800 bits per heavy atom. The Balaban J connectivity index is 1.81. The van der Waals surface area contributed by atoms with Crippen LogP contribution >= 0.6 is 0 Å². The molecular weight excluding hydrogens is 250 g/mol. The van der Waals surface area contributed by atoms with E-state index in [1.807, 2.05) is 66.7 Å². The minimum atomic E-state index is 0.529. The van der Waals surface area contributed by atoms with Crippen molar-refractivity contribution in [1.82, 2.24) is 0 Å². The quantitative estimate of drug-likeness (QED) is 0.785. The minimum Gasteiger partial charge on any atom is -0.490 e. The Labute approximate surface area is 119 Å². The van der Waals surface area contributed by atoms with E-state index in [1.54, 1.807) is 0 Å². The molecule has 0 aliphatic rings. The lowest BCUT2D eigenvalue weighted by molar-refractivity contribution is 0.305. The highest BCUT2D eigenvalue weighted by Crippen LogP contribution is 2.18. The third-order valence-corrected chi connectivity index (χ3v) is 2.72. The average Bonchev–Trinajstić information content (AvgIpc) is 2.52. The molecular formula is C17H19NO2. The van der Waals surface area contributed by atoms with Crippen LogP contribution in [0.3, 0.4) is 0 Å². The largest absolute Gasteiger partial charge is 0.490 e. The highest BCUT2D eigenvalue weighted by Gasteiger charge is 1.97. The SMILES string of the molecule is NCC=CCOc1ccc(OCc2ccccc2)cc1. The number of nitrogens with two attached hydrogens (primary N) is 1. The predicted molar refractivity (Wildman–Crippen MR) is 80.9 cm³/mol. The van der Waals surface area contributed by atoms with Gasteiger partial charge in [-0.3, -0.25) is 0 Å². The highest BCUT2D eigenvalue weighted by molar-refractivity contribution is 5.31. The monoisotopic (exact) mass is 269 g/mol. The van der Waals surface area contributed by atoms with Gasteiger partial charge in [0.1, 0.15) is 24.7 Å². The summed E-state index contributed by atoms with van der Waals surface area (Å²) in [6, 6.07) is 17.7. The molecule has 3 nitrogen and oxygen atoms in total. The van der Waals surface area contributed by atoms with Crippen LogP contribution in [-0.2, 0) is 6.61 Å². The van der Waals surface area contributed by atoms with Crippen molar-refractivity contribution in [2.24, 2.45) is 5.73 Å². The lowest BCUT2D eigenvalue weighted by Gasteiger charge is -2.07. The number of hydrogen-bond donors (Lipinski definition) is 1. The van der Waals surface area contributed by atoms with Gasteiger partial charge >= 0.3 is 0 Å². The van der Waals surface area contributed by atoms with Crippen molar-refractivity contribution in [2.45, 2.75) is 6.61 Å². The van der Waals surface area contributed by atoms with Crippen molar-refractivity contribution in [2.75, 3.05) is 13.2 Å². The van der Waals surface area contributed by atoms with Gasteiger partial charge in [-0.05, 0) is 29.8 Å². The molecule has 0 spiro atoms. The van der Waals surface area contributed by atoms with Crippen LogP contribution in [0.15, 0.2) is 66.7 Å². The Bertz CT molecular complexity index is 520. The second kappa shape index (κ2) is 8.02. The van der Waals surface area contributed by atoms with Gasteiger partial charge in [0.15, 0.2) is 0 Å². The molecule has 0 fully saturated rings. The molecule has 2 aromatic rings. The van der Waals surface area contributed by atoms with Gasteiger partial charge in [0.25, 0.3) is 0 Å². The van der Waals surface area contributed by atoms with Crippen LogP contribution in [0.25, 0.3) is 0 Å². The third kappa shape index (κ3) is 4.78. The van der Waals surface area contributed by atoms with E-state index in [1.165, 1.54) is 0 Å². The van der Waals surface area contributed by atoms with Gasteiger partial charge in [-0.25, -0.2) is 0 Å². The summed E-state index contributed by atoms with van der Waals surface area (Å²) in [6.07, 6.45) is 3.77. The van der Waals surface area contributed by atoms with E-state index in [2.05, 4.69) is 0 Å². The van der Waals surface area contributed by atoms with E-state index in [-0.39, 0.29) is 0 Å². The molecule has 0 bridgehead atoms. The first-order valence-corrected chi connectivity index (χ1v) is 6.63. The topological polar surface area (TPSA) is 44.5 Å². The molecule has 104 valence electrons. The average molecular weight is 269 g/mol. The molecule has 0 atom stereocenters. The molecule has 20 heavy (non-hydrogen) atoms. The van der Waals surface area contributed by atoms with Crippen LogP contribution in [0.1, 0.15) is 5.56 Å². The summed E-state index contributed by atoms with van der Waals surface area (Å²) >= 11 is 0. The zero-order valence-corrected chi connectivity index (χ0v) is 11.4. The third-order valence-electron chi connectivity index (χ3n) is 2.72. The molecule has 0 aliphatic heterocycles. The molecule has 0 saturated carbocycles. The lowest BCUT2D eigenvalue weighted by atomic mass is 10.2. The fourth-order valence-electron chi connectivity index (χ4n) is 1.68. The van der Waals surface area contributed by atoms with Gasteiger partial charge in [-0.2, -0.15) is 0 Å². The summed E-state index contributed by atoms with van der Waals surface area (Å²) in [5, 5.41) is 0. The maximum absolute atomic E-state index is 5.70. The molecule has 2 N–H and O–H groups in total. The number of hydrogen-bond acceptors (Lipinski definition) is 3.